The van der Waals surface area contributed by atoms with Gasteiger partial charge in [0.2, 0.25) is 0 Å². The second kappa shape index (κ2) is 12.1. The fourth-order valence-electron chi connectivity index (χ4n) is 4.29. The van der Waals surface area contributed by atoms with Crippen LogP contribution < -0.4 is 29.1 Å². The van der Waals surface area contributed by atoms with Gasteiger partial charge >= 0.3 is 11.9 Å². The summed E-state index contributed by atoms with van der Waals surface area (Å²) in [5, 5.41) is 0. The summed E-state index contributed by atoms with van der Waals surface area (Å²) >= 11 is 1.22. The summed E-state index contributed by atoms with van der Waals surface area (Å²) in [5.41, 5.74) is 1.91. The first-order valence-electron chi connectivity index (χ1n) is 12.6. The minimum Gasteiger partial charge on any atom is -0.494 e. The molecule has 4 rings (SSSR count). The molecule has 0 fully saturated rings. The van der Waals surface area contributed by atoms with Crippen molar-refractivity contribution in [1.82, 2.24) is 4.57 Å². The smallest absolute Gasteiger partial charge is 0.338 e. The third-order valence-corrected chi connectivity index (χ3v) is 6.83. The number of allylic oxidation sites excluding steroid dienone is 1. The van der Waals surface area contributed by atoms with Gasteiger partial charge in [0, 0.05) is 6.92 Å². The van der Waals surface area contributed by atoms with Crippen LogP contribution in [0.15, 0.2) is 63.5 Å². The molecule has 10 heteroatoms. The molecular formula is C29H30N2O7S. The summed E-state index contributed by atoms with van der Waals surface area (Å²) in [6, 6.07) is 11.7. The van der Waals surface area contributed by atoms with Crippen LogP contribution in [0.2, 0.25) is 0 Å². The van der Waals surface area contributed by atoms with E-state index in [4.69, 9.17) is 18.9 Å². The molecular weight excluding hydrogens is 520 g/mol. The van der Waals surface area contributed by atoms with Crippen LogP contribution in [0, 0.1) is 0 Å². The summed E-state index contributed by atoms with van der Waals surface area (Å²) in [5.74, 6) is 0.401. The highest BCUT2D eigenvalue weighted by molar-refractivity contribution is 7.07. The molecule has 2 heterocycles. The van der Waals surface area contributed by atoms with E-state index in [-0.39, 0.29) is 12.2 Å². The second-order valence-corrected chi connectivity index (χ2v) is 9.55. The highest BCUT2D eigenvalue weighted by Crippen LogP contribution is 2.32. The van der Waals surface area contributed by atoms with Crippen molar-refractivity contribution in [2.24, 2.45) is 4.99 Å². The predicted molar refractivity (Wildman–Crippen MR) is 147 cm³/mol. The molecule has 0 unspecified atom stereocenters. The number of aromatic nitrogens is 1. The highest BCUT2D eigenvalue weighted by atomic mass is 32.1. The van der Waals surface area contributed by atoms with E-state index < -0.39 is 18.0 Å². The number of hydrogen-bond acceptors (Lipinski definition) is 9. The number of esters is 2. The van der Waals surface area contributed by atoms with Gasteiger partial charge in [-0.2, -0.15) is 0 Å². The molecule has 0 spiro atoms. The lowest BCUT2D eigenvalue weighted by Crippen LogP contribution is -2.39. The van der Waals surface area contributed by atoms with Crippen molar-refractivity contribution in [3.05, 3.63) is 84.5 Å². The van der Waals surface area contributed by atoms with E-state index in [0.29, 0.717) is 56.6 Å². The normalized spacial score (nSPS) is 14.9. The van der Waals surface area contributed by atoms with Crippen molar-refractivity contribution in [2.75, 3.05) is 19.8 Å². The number of rotatable bonds is 9. The molecule has 0 aliphatic carbocycles. The largest absolute Gasteiger partial charge is 0.494 e. The molecule has 2 aromatic carbocycles. The fraction of sp³-hybridized carbons (Fsp3) is 0.310. The van der Waals surface area contributed by atoms with Gasteiger partial charge in [-0.25, -0.2) is 9.79 Å². The number of benzene rings is 2. The second-order valence-electron chi connectivity index (χ2n) is 8.54. The van der Waals surface area contributed by atoms with E-state index in [1.165, 1.54) is 22.8 Å². The Labute approximate surface area is 229 Å². The van der Waals surface area contributed by atoms with Crippen molar-refractivity contribution in [3.63, 3.8) is 0 Å². The maximum absolute atomic E-state index is 13.8. The molecule has 1 aliphatic rings. The lowest BCUT2D eigenvalue weighted by molar-refractivity contribution is -0.139. The molecule has 0 radical (unpaired) electrons. The average Bonchev–Trinajstić information content (AvgIpc) is 3.19. The monoisotopic (exact) mass is 550 g/mol. The molecule has 204 valence electrons. The van der Waals surface area contributed by atoms with E-state index in [2.05, 4.69) is 4.99 Å². The predicted octanol–water partition coefficient (Wildman–Crippen LogP) is 3.52. The summed E-state index contributed by atoms with van der Waals surface area (Å²) in [4.78, 5) is 43.4. The van der Waals surface area contributed by atoms with Crippen LogP contribution in [0.5, 0.6) is 17.2 Å². The first-order chi connectivity index (χ1) is 18.8. The number of carbonyl (C=O) groups is 2. The van der Waals surface area contributed by atoms with Crippen LogP contribution in [-0.2, 0) is 14.3 Å². The van der Waals surface area contributed by atoms with Gasteiger partial charge in [-0.1, -0.05) is 29.5 Å². The quantitative estimate of drug-likeness (QED) is 0.297. The summed E-state index contributed by atoms with van der Waals surface area (Å²) < 4.78 is 23.7. The van der Waals surface area contributed by atoms with Gasteiger partial charge < -0.3 is 18.9 Å². The van der Waals surface area contributed by atoms with E-state index in [1.807, 2.05) is 38.1 Å². The fourth-order valence-corrected chi connectivity index (χ4v) is 5.34. The Morgan fingerprint density at radius 2 is 1.72 bits per heavy atom. The number of ether oxygens (including phenoxy) is 4. The lowest BCUT2D eigenvalue weighted by atomic mass is 9.96. The highest BCUT2D eigenvalue weighted by Gasteiger charge is 2.33. The van der Waals surface area contributed by atoms with Crippen LogP contribution in [-0.4, -0.2) is 36.3 Å². The molecule has 0 N–H and O–H groups in total. The molecule has 39 heavy (non-hydrogen) atoms. The van der Waals surface area contributed by atoms with E-state index >= 15 is 0 Å². The number of thiazole rings is 1. The van der Waals surface area contributed by atoms with Gasteiger partial charge in [-0.05, 0) is 69.2 Å². The van der Waals surface area contributed by atoms with Gasteiger partial charge in [0.1, 0.15) is 5.75 Å². The molecule has 9 nitrogen and oxygen atoms in total. The molecule has 1 aromatic heterocycles. The average molecular weight is 551 g/mol. The van der Waals surface area contributed by atoms with Gasteiger partial charge in [0.15, 0.2) is 16.3 Å². The van der Waals surface area contributed by atoms with Gasteiger partial charge in [-0.3, -0.25) is 14.2 Å². The Kier molecular flexibility index (Phi) is 8.65. The Bertz CT molecular complexity index is 1600. The maximum Gasteiger partial charge on any atom is 0.338 e. The van der Waals surface area contributed by atoms with Crippen molar-refractivity contribution in [2.45, 2.75) is 40.7 Å². The first kappa shape index (κ1) is 27.8. The number of nitrogens with zero attached hydrogens (tertiary/aromatic N) is 2. The van der Waals surface area contributed by atoms with Crippen LogP contribution in [0.4, 0.5) is 0 Å². The van der Waals surface area contributed by atoms with Gasteiger partial charge in [0.05, 0.1) is 41.7 Å². The Balaban J connectivity index is 1.86. The summed E-state index contributed by atoms with van der Waals surface area (Å²) in [6.07, 6.45) is 1.72. The molecule has 0 saturated heterocycles. The molecule has 1 aliphatic heterocycles. The van der Waals surface area contributed by atoms with E-state index in [0.717, 1.165) is 5.56 Å². The number of fused-ring (bicyclic) bond motifs is 1. The first-order valence-corrected chi connectivity index (χ1v) is 13.5. The lowest BCUT2D eigenvalue weighted by Gasteiger charge is -2.24. The SMILES string of the molecule is CCOC(=O)C1=C(C)N=c2s/c(=C\c3ccc(OC(C)=O)c(OCC)c3)c(=O)n2[C@H]1c1ccc(OCC)cc1. The summed E-state index contributed by atoms with van der Waals surface area (Å²) in [6.45, 7) is 9.61. The van der Waals surface area contributed by atoms with E-state index in [1.54, 1.807) is 38.1 Å². The van der Waals surface area contributed by atoms with E-state index in [9.17, 15) is 14.4 Å². The molecule has 0 saturated carbocycles. The van der Waals surface area contributed by atoms with Crippen LogP contribution >= 0.6 is 11.3 Å². The van der Waals surface area contributed by atoms with Crippen molar-refractivity contribution in [1.29, 1.82) is 0 Å². The maximum atomic E-state index is 13.8. The topological polar surface area (TPSA) is 105 Å². The van der Waals surface area contributed by atoms with Gasteiger partial charge in [0.25, 0.3) is 5.56 Å². The Hall–Kier alpha value is -4.18. The molecule has 3 aromatic rings. The zero-order valence-corrected chi connectivity index (χ0v) is 23.3. The minimum absolute atomic E-state index is 0.196. The Morgan fingerprint density at radius 1 is 1.00 bits per heavy atom. The van der Waals surface area contributed by atoms with Crippen molar-refractivity contribution in [3.8, 4) is 17.2 Å². The standard InChI is InChI=1S/C29H30N2O7S/c1-6-35-21-12-10-20(11-13-21)26-25(28(34)37-8-3)17(4)30-29-31(26)27(33)24(39-29)16-19-9-14-22(38-18(5)32)23(15-19)36-7-2/h9-16,26H,6-8H2,1-5H3/b24-16-/t26-/m0/s1. The summed E-state index contributed by atoms with van der Waals surface area (Å²) in [7, 11) is 0. The minimum atomic E-state index is -0.719. The third kappa shape index (κ3) is 5.96. The number of hydrogen-bond donors (Lipinski definition) is 0. The van der Waals surface area contributed by atoms with Crippen molar-refractivity contribution >= 4 is 29.4 Å². The number of carbonyl (C=O) groups excluding carboxylic acids is 2. The van der Waals surface area contributed by atoms with Crippen molar-refractivity contribution < 1.29 is 28.5 Å². The molecule has 0 bridgehead atoms. The molecule has 0 amide bonds. The zero-order chi connectivity index (χ0) is 28.1. The van der Waals surface area contributed by atoms with Gasteiger partial charge in [-0.15, -0.1) is 0 Å². The zero-order valence-electron chi connectivity index (χ0n) is 22.5. The molecule has 1 atom stereocenters. The van der Waals surface area contributed by atoms with Crippen LogP contribution in [0.1, 0.15) is 51.8 Å². The Morgan fingerprint density at radius 3 is 2.36 bits per heavy atom. The van der Waals surface area contributed by atoms with Crippen LogP contribution in [0.3, 0.4) is 0 Å². The van der Waals surface area contributed by atoms with Crippen LogP contribution in [0.25, 0.3) is 6.08 Å². The third-order valence-electron chi connectivity index (χ3n) is 5.84.